The number of nitrogens with one attached hydrogen (secondary N) is 2. The molecular formula is C19H30N4O. The maximum absolute atomic E-state index is 6.38. The lowest BCUT2D eigenvalue weighted by Crippen LogP contribution is -2.48. The van der Waals surface area contributed by atoms with E-state index in [2.05, 4.69) is 62.4 Å². The fraction of sp³-hybridized carbons (Fsp3) is 0.526. The van der Waals surface area contributed by atoms with Crippen LogP contribution in [0.3, 0.4) is 0 Å². The van der Waals surface area contributed by atoms with Gasteiger partial charge < -0.3 is 15.4 Å². The second-order valence-electron chi connectivity index (χ2n) is 6.59. The van der Waals surface area contributed by atoms with Crippen LogP contribution in [0.15, 0.2) is 29.0 Å². The van der Waals surface area contributed by atoms with Crippen molar-refractivity contribution in [1.29, 1.82) is 0 Å². The predicted molar refractivity (Wildman–Crippen MR) is 101 cm³/mol. The summed E-state index contributed by atoms with van der Waals surface area (Å²) in [7, 11) is 0. The molecule has 1 atom stereocenters. The van der Waals surface area contributed by atoms with E-state index in [-0.39, 0.29) is 6.10 Å². The average Bonchev–Trinajstić information content (AvgIpc) is 2.47. The molecule has 132 valence electrons. The van der Waals surface area contributed by atoms with E-state index < -0.39 is 5.85 Å². The molecule has 0 aliphatic carbocycles. The Kier molecular flexibility index (Phi) is 5.67. The Hall–Kier alpha value is -1.85. The lowest BCUT2D eigenvalue weighted by molar-refractivity contribution is -0.0588. The van der Waals surface area contributed by atoms with Gasteiger partial charge in [-0.2, -0.15) is 0 Å². The van der Waals surface area contributed by atoms with Gasteiger partial charge in [-0.3, -0.25) is 5.73 Å². The molecule has 24 heavy (non-hydrogen) atoms. The average molecular weight is 330 g/mol. The maximum atomic E-state index is 6.38. The standard InChI is InChI=1S/C19H30N4O/c1-7-16(8-2)24-19(20)11-17(21-15(6)23-19)22-18-13(4)9-12(3)10-14(18)5/h9-11,16,22H,7-8,20H2,1-6H3,(H,21,23). The Morgan fingerprint density at radius 2 is 1.75 bits per heavy atom. The zero-order valence-corrected chi connectivity index (χ0v) is 15.7. The summed E-state index contributed by atoms with van der Waals surface area (Å²) in [4.78, 5) is 4.45. The fourth-order valence-corrected chi connectivity index (χ4v) is 3.12. The summed E-state index contributed by atoms with van der Waals surface area (Å²) >= 11 is 0. The second kappa shape index (κ2) is 7.36. The van der Waals surface area contributed by atoms with E-state index in [1.165, 1.54) is 16.7 Å². The summed E-state index contributed by atoms with van der Waals surface area (Å²) in [6, 6.07) is 4.33. The van der Waals surface area contributed by atoms with E-state index in [1.807, 2.05) is 13.0 Å². The number of benzene rings is 1. The SMILES string of the molecule is CCC(CC)OC1(N)C=C(Nc2c(C)cc(C)cc2C)NC(C)=N1. The first-order chi connectivity index (χ1) is 11.3. The van der Waals surface area contributed by atoms with Crippen LogP contribution in [-0.2, 0) is 4.74 Å². The van der Waals surface area contributed by atoms with Crippen LogP contribution in [0.25, 0.3) is 0 Å². The van der Waals surface area contributed by atoms with E-state index in [9.17, 15) is 0 Å². The van der Waals surface area contributed by atoms with Gasteiger partial charge in [-0.05, 0) is 51.7 Å². The Morgan fingerprint density at radius 1 is 1.17 bits per heavy atom. The van der Waals surface area contributed by atoms with Crippen LogP contribution in [0.1, 0.15) is 50.3 Å². The van der Waals surface area contributed by atoms with Crippen LogP contribution >= 0.6 is 0 Å². The van der Waals surface area contributed by atoms with Gasteiger partial charge in [0.25, 0.3) is 0 Å². The van der Waals surface area contributed by atoms with Crippen LogP contribution < -0.4 is 16.4 Å². The van der Waals surface area contributed by atoms with E-state index in [0.29, 0.717) is 0 Å². The topological polar surface area (TPSA) is 71.7 Å². The summed E-state index contributed by atoms with van der Waals surface area (Å²) in [5.74, 6) is 0.391. The normalized spacial score (nSPS) is 20.5. The molecule has 2 rings (SSSR count). The second-order valence-corrected chi connectivity index (χ2v) is 6.59. The van der Waals surface area contributed by atoms with Gasteiger partial charge in [0.2, 0.25) is 5.85 Å². The van der Waals surface area contributed by atoms with Gasteiger partial charge in [0, 0.05) is 11.8 Å². The zero-order valence-electron chi connectivity index (χ0n) is 15.7. The van der Waals surface area contributed by atoms with Crippen LogP contribution in [0.4, 0.5) is 5.69 Å². The lowest BCUT2D eigenvalue weighted by Gasteiger charge is -2.32. The van der Waals surface area contributed by atoms with Gasteiger partial charge in [-0.25, -0.2) is 4.99 Å². The van der Waals surface area contributed by atoms with Crippen molar-refractivity contribution in [3.05, 3.63) is 40.7 Å². The van der Waals surface area contributed by atoms with Crippen molar-refractivity contribution in [3.8, 4) is 0 Å². The molecular weight excluding hydrogens is 300 g/mol. The summed E-state index contributed by atoms with van der Waals surface area (Å²) < 4.78 is 6.03. The van der Waals surface area contributed by atoms with Gasteiger partial charge in [0.05, 0.1) is 6.10 Å². The highest BCUT2D eigenvalue weighted by atomic mass is 16.5. The van der Waals surface area contributed by atoms with Crippen LogP contribution in [-0.4, -0.2) is 17.8 Å². The molecule has 0 spiro atoms. The van der Waals surface area contributed by atoms with Gasteiger partial charge in [0.1, 0.15) is 11.7 Å². The van der Waals surface area contributed by atoms with Crippen LogP contribution in [0.5, 0.6) is 0 Å². The number of rotatable bonds is 6. The molecule has 0 saturated carbocycles. The molecule has 1 aromatic carbocycles. The Balaban J connectivity index is 2.27. The lowest BCUT2D eigenvalue weighted by atomic mass is 10.1. The predicted octanol–water partition coefficient (Wildman–Crippen LogP) is 3.70. The highest BCUT2D eigenvalue weighted by Crippen LogP contribution is 2.25. The van der Waals surface area contributed by atoms with Gasteiger partial charge in [-0.1, -0.05) is 31.5 Å². The maximum Gasteiger partial charge on any atom is 0.239 e. The minimum absolute atomic E-state index is 0.0880. The monoisotopic (exact) mass is 330 g/mol. The third-order valence-corrected chi connectivity index (χ3v) is 4.21. The van der Waals surface area contributed by atoms with E-state index in [1.54, 1.807) is 0 Å². The number of nitrogens with zero attached hydrogens (tertiary/aromatic N) is 1. The van der Waals surface area contributed by atoms with E-state index >= 15 is 0 Å². The molecule has 0 aromatic heterocycles. The fourth-order valence-electron chi connectivity index (χ4n) is 3.12. The minimum Gasteiger partial charge on any atom is -0.341 e. The van der Waals surface area contributed by atoms with Gasteiger partial charge in [-0.15, -0.1) is 0 Å². The number of nitrogens with two attached hydrogens (primary N) is 1. The smallest absolute Gasteiger partial charge is 0.239 e. The third kappa shape index (κ3) is 4.36. The molecule has 1 unspecified atom stereocenters. The van der Waals surface area contributed by atoms with Gasteiger partial charge >= 0.3 is 0 Å². The summed E-state index contributed by atoms with van der Waals surface area (Å²) in [6.07, 6.45) is 3.72. The Morgan fingerprint density at radius 3 is 2.29 bits per heavy atom. The van der Waals surface area contributed by atoms with E-state index in [4.69, 9.17) is 10.5 Å². The minimum atomic E-state index is -1.14. The third-order valence-electron chi connectivity index (χ3n) is 4.21. The number of amidine groups is 1. The largest absolute Gasteiger partial charge is 0.341 e. The number of anilines is 1. The number of hydrogen-bond acceptors (Lipinski definition) is 5. The number of aryl methyl sites for hydroxylation is 3. The molecule has 1 aliphatic rings. The molecule has 1 heterocycles. The quantitative estimate of drug-likeness (QED) is 0.695. The zero-order chi connectivity index (χ0) is 17.9. The highest BCUT2D eigenvalue weighted by Gasteiger charge is 2.30. The Labute approximate surface area is 145 Å². The summed E-state index contributed by atoms with van der Waals surface area (Å²) in [6.45, 7) is 12.4. The molecule has 5 nitrogen and oxygen atoms in total. The van der Waals surface area contributed by atoms with E-state index in [0.717, 1.165) is 30.2 Å². The first-order valence-corrected chi connectivity index (χ1v) is 8.64. The number of aliphatic imine (C=N–C) groups is 1. The number of hydrogen-bond donors (Lipinski definition) is 3. The van der Waals surface area contributed by atoms with Crippen molar-refractivity contribution in [2.75, 3.05) is 5.32 Å². The Bertz CT molecular complexity index is 638. The van der Waals surface area contributed by atoms with Gasteiger partial charge in [0.15, 0.2) is 0 Å². The molecule has 4 N–H and O–H groups in total. The summed E-state index contributed by atoms with van der Waals surface area (Å²) in [5, 5.41) is 6.69. The van der Waals surface area contributed by atoms with Crippen LogP contribution in [0.2, 0.25) is 0 Å². The summed E-state index contributed by atoms with van der Waals surface area (Å²) in [5.41, 5.74) is 11.1. The molecule has 0 amide bonds. The van der Waals surface area contributed by atoms with Crippen molar-refractivity contribution in [1.82, 2.24) is 5.32 Å². The van der Waals surface area contributed by atoms with Crippen molar-refractivity contribution in [2.45, 2.75) is 66.3 Å². The molecule has 0 saturated heterocycles. The van der Waals surface area contributed by atoms with Crippen LogP contribution in [0, 0.1) is 20.8 Å². The van der Waals surface area contributed by atoms with Crippen molar-refractivity contribution >= 4 is 11.5 Å². The molecule has 1 aromatic rings. The molecule has 5 heteroatoms. The van der Waals surface area contributed by atoms with Crippen molar-refractivity contribution in [3.63, 3.8) is 0 Å². The molecule has 0 bridgehead atoms. The molecule has 1 aliphatic heterocycles. The van der Waals surface area contributed by atoms with Crippen molar-refractivity contribution < 1.29 is 4.74 Å². The first kappa shape index (κ1) is 18.5. The molecule has 0 fully saturated rings. The highest BCUT2D eigenvalue weighted by molar-refractivity contribution is 5.83. The first-order valence-electron chi connectivity index (χ1n) is 8.64. The van der Waals surface area contributed by atoms with Crippen molar-refractivity contribution in [2.24, 2.45) is 10.7 Å². The molecule has 0 radical (unpaired) electrons. The number of ether oxygens (including phenoxy) is 1.